The second-order valence-electron chi connectivity index (χ2n) is 8.72. The molecule has 2 aliphatic rings. The van der Waals surface area contributed by atoms with Crippen LogP contribution in [0.4, 0.5) is 11.4 Å². The molecule has 2 heterocycles. The Labute approximate surface area is 214 Å². The van der Waals surface area contributed by atoms with Gasteiger partial charge < -0.3 is 33.9 Å². The molecule has 0 aliphatic carbocycles. The van der Waals surface area contributed by atoms with Gasteiger partial charge >= 0.3 is 0 Å². The summed E-state index contributed by atoms with van der Waals surface area (Å²) < 4.78 is 27.0. The molecular formula is C28H28N2O7. The highest BCUT2D eigenvalue weighted by molar-refractivity contribution is 6.00. The first-order chi connectivity index (χ1) is 18.0. The normalized spacial score (nSPS) is 18.4. The Bertz CT molecular complexity index is 1310. The maximum absolute atomic E-state index is 13.7. The van der Waals surface area contributed by atoms with Crippen LogP contribution in [0.5, 0.6) is 28.7 Å². The number of amides is 2. The van der Waals surface area contributed by atoms with E-state index >= 15 is 0 Å². The number of hydrogen-bond donors (Lipinski definition) is 1. The van der Waals surface area contributed by atoms with Crippen LogP contribution in [0.2, 0.25) is 0 Å². The van der Waals surface area contributed by atoms with Gasteiger partial charge in [0.05, 0.1) is 33.3 Å². The number of nitrogens with one attached hydrogen (secondary N) is 1. The fourth-order valence-corrected chi connectivity index (χ4v) is 4.84. The molecule has 0 spiro atoms. The number of rotatable bonds is 7. The molecule has 0 aromatic heterocycles. The molecule has 37 heavy (non-hydrogen) atoms. The van der Waals surface area contributed by atoms with E-state index in [4.69, 9.17) is 23.7 Å². The average Bonchev–Trinajstić information content (AvgIpc) is 3.40. The summed E-state index contributed by atoms with van der Waals surface area (Å²) in [6.45, 7) is 0.148. The maximum Gasteiger partial charge on any atom is 0.231 e. The Morgan fingerprint density at radius 1 is 0.892 bits per heavy atom. The number of carbonyl (C=O) groups excluding carboxylic acids is 2. The van der Waals surface area contributed by atoms with E-state index in [1.54, 1.807) is 62.6 Å². The molecule has 0 unspecified atom stereocenters. The highest BCUT2D eigenvalue weighted by atomic mass is 16.7. The van der Waals surface area contributed by atoms with Gasteiger partial charge in [-0.25, -0.2) is 0 Å². The molecule has 9 nitrogen and oxygen atoms in total. The lowest BCUT2D eigenvalue weighted by Gasteiger charge is -2.41. The van der Waals surface area contributed by atoms with E-state index in [1.165, 1.54) is 0 Å². The SMILES string of the molecule is COc1ccc(N2C(=O)CC[C@H](C(=O)Nc3ccc4c(c3)OCO4)[C@H]2c2ccc(OC)c(OC)c2)cc1. The molecular weight excluding hydrogens is 476 g/mol. The van der Waals surface area contributed by atoms with Crippen LogP contribution in [-0.4, -0.2) is 39.9 Å². The minimum absolute atomic E-state index is 0.0721. The monoisotopic (exact) mass is 504 g/mol. The van der Waals surface area contributed by atoms with Gasteiger partial charge in [-0.2, -0.15) is 0 Å². The molecule has 2 amide bonds. The van der Waals surface area contributed by atoms with Crippen LogP contribution >= 0.6 is 0 Å². The number of ether oxygens (including phenoxy) is 5. The Hall–Kier alpha value is -4.40. The summed E-state index contributed by atoms with van der Waals surface area (Å²) in [7, 11) is 4.70. The number of benzene rings is 3. The summed E-state index contributed by atoms with van der Waals surface area (Å²) in [4.78, 5) is 28.7. The number of hydrogen-bond acceptors (Lipinski definition) is 7. The molecule has 1 saturated heterocycles. The standard InChI is InChI=1S/C28H28N2O7/c1-33-20-8-6-19(7-9-20)30-26(31)13-10-21(27(30)17-4-11-22(34-2)24(14-17)35-3)28(32)29-18-5-12-23-25(15-18)37-16-36-23/h4-9,11-12,14-15,21,27H,10,13,16H2,1-3H3,(H,29,32)/t21-,27+/m0/s1. The van der Waals surface area contributed by atoms with Crippen molar-refractivity contribution < 1.29 is 33.3 Å². The van der Waals surface area contributed by atoms with Crippen LogP contribution in [0.25, 0.3) is 0 Å². The predicted molar refractivity (Wildman–Crippen MR) is 137 cm³/mol. The first-order valence-electron chi connectivity index (χ1n) is 11.9. The summed E-state index contributed by atoms with van der Waals surface area (Å²) in [6.07, 6.45) is 0.621. The van der Waals surface area contributed by atoms with Gasteiger partial charge in [0.25, 0.3) is 0 Å². The van der Waals surface area contributed by atoms with Crippen LogP contribution < -0.4 is 33.9 Å². The van der Waals surface area contributed by atoms with E-state index in [1.807, 2.05) is 24.3 Å². The maximum atomic E-state index is 13.7. The number of fused-ring (bicyclic) bond motifs is 1. The Morgan fingerprint density at radius 3 is 2.38 bits per heavy atom. The number of anilines is 2. The summed E-state index contributed by atoms with van der Waals surface area (Å²) in [5, 5.41) is 3.01. The highest BCUT2D eigenvalue weighted by Gasteiger charge is 2.42. The largest absolute Gasteiger partial charge is 0.497 e. The van der Waals surface area contributed by atoms with Crippen molar-refractivity contribution in [3.63, 3.8) is 0 Å². The lowest BCUT2D eigenvalue weighted by molar-refractivity contribution is -0.125. The Morgan fingerprint density at radius 2 is 1.65 bits per heavy atom. The van der Waals surface area contributed by atoms with E-state index < -0.39 is 12.0 Å². The van der Waals surface area contributed by atoms with Gasteiger partial charge in [0.2, 0.25) is 18.6 Å². The van der Waals surface area contributed by atoms with E-state index in [0.717, 1.165) is 5.56 Å². The van der Waals surface area contributed by atoms with Crippen LogP contribution in [-0.2, 0) is 9.59 Å². The van der Waals surface area contributed by atoms with Crippen molar-refractivity contribution >= 4 is 23.2 Å². The molecule has 3 aromatic carbocycles. The third-order valence-electron chi connectivity index (χ3n) is 6.67. The zero-order valence-corrected chi connectivity index (χ0v) is 20.9. The predicted octanol–water partition coefficient (Wildman–Crippen LogP) is 4.56. The van der Waals surface area contributed by atoms with Gasteiger partial charge in [-0.3, -0.25) is 9.59 Å². The lowest BCUT2D eigenvalue weighted by Crippen LogP contribution is -2.47. The molecule has 3 aromatic rings. The van der Waals surface area contributed by atoms with Gasteiger partial charge in [-0.15, -0.1) is 0 Å². The van der Waals surface area contributed by atoms with Gasteiger partial charge in [-0.1, -0.05) is 6.07 Å². The second kappa shape index (κ2) is 10.3. The zero-order valence-electron chi connectivity index (χ0n) is 20.9. The number of carbonyl (C=O) groups is 2. The number of methoxy groups -OCH3 is 3. The lowest BCUT2D eigenvalue weighted by atomic mass is 9.83. The van der Waals surface area contributed by atoms with Gasteiger partial charge in [-0.05, 0) is 60.5 Å². The molecule has 2 atom stereocenters. The molecule has 9 heteroatoms. The minimum Gasteiger partial charge on any atom is -0.497 e. The first kappa shape index (κ1) is 24.3. The summed E-state index contributed by atoms with van der Waals surface area (Å²) in [5.74, 6) is 2.15. The molecule has 5 rings (SSSR count). The fourth-order valence-electron chi connectivity index (χ4n) is 4.84. The van der Waals surface area contributed by atoms with E-state index in [0.29, 0.717) is 46.5 Å². The van der Waals surface area contributed by atoms with Crippen molar-refractivity contribution in [1.82, 2.24) is 0 Å². The van der Waals surface area contributed by atoms with Crippen molar-refractivity contribution in [2.24, 2.45) is 5.92 Å². The number of piperidine rings is 1. The van der Waals surface area contributed by atoms with E-state index in [9.17, 15) is 9.59 Å². The molecule has 1 fully saturated rings. The van der Waals surface area contributed by atoms with Crippen molar-refractivity contribution in [3.05, 3.63) is 66.2 Å². The molecule has 0 saturated carbocycles. The van der Waals surface area contributed by atoms with Crippen molar-refractivity contribution in [3.8, 4) is 28.7 Å². The third-order valence-corrected chi connectivity index (χ3v) is 6.67. The Kier molecular flexibility index (Phi) is 6.76. The minimum atomic E-state index is -0.580. The quantitative estimate of drug-likeness (QED) is 0.504. The van der Waals surface area contributed by atoms with E-state index in [-0.39, 0.29) is 25.0 Å². The van der Waals surface area contributed by atoms with Gasteiger partial charge in [0.15, 0.2) is 23.0 Å². The molecule has 0 radical (unpaired) electrons. The zero-order chi connectivity index (χ0) is 25.9. The average molecular weight is 505 g/mol. The van der Waals surface area contributed by atoms with Crippen LogP contribution in [0.1, 0.15) is 24.4 Å². The summed E-state index contributed by atoms with van der Waals surface area (Å²) in [5.41, 5.74) is 2.02. The highest BCUT2D eigenvalue weighted by Crippen LogP contribution is 2.43. The molecule has 1 N–H and O–H groups in total. The smallest absolute Gasteiger partial charge is 0.231 e. The number of nitrogens with zero attached hydrogens (tertiary/aromatic N) is 1. The van der Waals surface area contributed by atoms with E-state index in [2.05, 4.69) is 5.32 Å². The van der Waals surface area contributed by atoms with Crippen molar-refractivity contribution in [2.75, 3.05) is 38.3 Å². The Balaban J connectivity index is 1.53. The summed E-state index contributed by atoms with van der Waals surface area (Å²) in [6, 6.07) is 17.4. The van der Waals surface area contributed by atoms with Gasteiger partial charge in [0.1, 0.15) is 5.75 Å². The fraction of sp³-hybridized carbons (Fsp3) is 0.286. The molecule has 192 valence electrons. The van der Waals surface area contributed by atoms with Gasteiger partial charge in [0, 0.05) is 23.9 Å². The first-order valence-corrected chi connectivity index (χ1v) is 11.9. The van der Waals surface area contributed by atoms with Crippen molar-refractivity contribution in [2.45, 2.75) is 18.9 Å². The van der Waals surface area contributed by atoms with Crippen molar-refractivity contribution in [1.29, 1.82) is 0 Å². The van der Waals surface area contributed by atoms with Crippen LogP contribution in [0.3, 0.4) is 0 Å². The van der Waals surface area contributed by atoms with Crippen LogP contribution in [0, 0.1) is 5.92 Å². The summed E-state index contributed by atoms with van der Waals surface area (Å²) >= 11 is 0. The molecule has 0 bridgehead atoms. The molecule has 2 aliphatic heterocycles. The third kappa shape index (κ3) is 4.72. The topological polar surface area (TPSA) is 95.6 Å². The van der Waals surface area contributed by atoms with Crippen LogP contribution in [0.15, 0.2) is 60.7 Å². The second-order valence-corrected chi connectivity index (χ2v) is 8.72.